The molecule has 0 N–H and O–H groups in total. The number of ether oxygens (including phenoxy) is 1. The number of fused-ring (bicyclic) bond motifs is 2. The molecule has 1 unspecified atom stereocenters. The van der Waals surface area contributed by atoms with Crippen molar-refractivity contribution in [2.75, 3.05) is 37.5 Å². The van der Waals surface area contributed by atoms with Crippen LogP contribution in [0.3, 0.4) is 0 Å². The summed E-state index contributed by atoms with van der Waals surface area (Å²) in [5.41, 5.74) is 7.67. The highest BCUT2D eigenvalue weighted by atomic mass is 16.5. The molecule has 1 aliphatic rings. The van der Waals surface area contributed by atoms with Crippen molar-refractivity contribution in [3.05, 3.63) is 58.7 Å². The first-order valence-corrected chi connectivity index (χ1v) is 9.99. The van der Waals surface area contributed by atoms with Crippen molar-refractivity contribution in [2.45, 2.75) is 45.6 Å². The molecule has 2 aromatic carbocycles. The molecule has 0 aliphatic heterocycles. The van der Waals surface area contributed by atoms with E-state index in [1.807, 2.05) is 6.92 Å². The van der Waals surface area contributed by atoms with Gasteiger partial charge < -0.3 is 14.5 Å². The second kappa shape index (κ2) is 7.50. The van der Waals surface area contributed by atoms with Crippen LogP contribution in [0.2, 0.25) is 0 Å². The zero-order valence-corrected chi connectivity index (χ0v) is 18.2. The largest absolute Gasteiger partial charge is 0.467 e. The van der Waals surface area contributed by atoms with Crippen molar-refractivity contribution in [3.8, 4) is 0 Å². The third kappa shape index (κ3) is 3.36. The fourth-order valence-electron chi connectivity index (χ4n) is 4.39. The fourth-order valence-corrected chi connectivity index (χ4v) is 4.39. The molecule has 4 nitrogen and oxygen atoms in total. The molecule has 0 saturated heterocycles. The predicted molar refractivity (Wildman–Crippen MR) is 117 cm³/mol. The molecule has 2 aromatic rings. The molecule has 0 radical (unpaired) electrons. The zero-order chi connectivity index (χ0) is 20.6. The average Bonchev–Trinajstić information content (AvgIpc) is 2.68. The summed E-state index contributed by atoms with van der Waals surface area (Å²) in [5.74, 6) is -0.209. The Morgan fingerprint density at radius 1 is 1.07 bits per heavy atom. The number of carbonyl (C=O) groups excluding carboxylic acids is 1. The van der Waals surface area contributed by atoms with Crippen molar-refractivity contribution in [2.24, 2.45) is 0 Å². The van der Waals surface area contributed by atoms with Crippen LogP contribution in [-0.4, -0.2) is 39.8 Å². The van der Waals surface area contributed by atoms with Crippen LogP contribution < -0.4 is 9.80 Å². The first-order valence-electron chi connectivity index (χ1n) is 9.99. The number of likely N-dealkylation sites (N-methyl/N-ethyl adjacent to an activating group) is 1. The van der Waals surface area contributed by atoms with Crippen LogP contribution in [0.5, 0.6) is 0 Å². The summed E-state index contributed by atoms with van der Waals surface area (Å²) < 4.78 is 4.97. The first-order chi connectivity index (χ1) is 13.2. The highest BCUT2D eigenvalue weighted by Crippen LogP contribution is 2.43. The van der Waals surface area contributed by atoms with Crippen molar-refractivity contribution < 1.29 is 9.53 Å². The van der Waals surface area contributed by atoms with Crippen molar-refractivity contribution in [1.82, 2.24) is 0 Å². The summed E-state index contributed by atoms with van der Waals surface area (Å²) in [4.78, 5) is 16.4. The van der Waals surface area contributed by atoms with Gasteiger partial charge in [-0.3, -0.25) is 0 Å². The van der Waals surface area contributed by atoms with Crippen LogP contribution in [0.1, 0.15) is 49.9 Å². The number of methoxy groups -OCH3 is 1. The number of nitrogens with zero attached hydrogens (tertiary/aromatic N) is 2. The smallest absolute Gasteiger partial charge is 0.328 e. The van der Waals surface area contributed by atoms with Crippen molar-refractivity contribution >= 4 is 17.3 Å². The van der Waals surface area contributed by atoms with E-state index in [-0.39, 0.29) is 17.4 Å². The Labute approximate surface area is 169 Å². The minimum absolute atomic E-state index is 0.0984. The van der Waals surface area contributed by atoms with E-state index in [0.29, 0.717) is 0 Å². The Kier molecular flexibility index (Phi) is 5.42. The van der Waals surface area contributed by atoms with Gasteiger partial charge in [0.25, 0.3) is 0 Å². The maximum absolute atomic E-state index is 12.1. The van der Waals surface area contributed by atoms with Gasteiger partial charge in [0.2, 0.25) is 0 Å². The van der Waals surface area contributed by atoms with Crippen LogP contribution in [0.15, 0.2) is 36.4 Å². The van der Waals surface area contributed by atoms with E-state index in [1.165, 1.54) is 35.1 Å². The van der Waals surface area contributed by atoms with E-state index in [2.05, 4.69) is 81.1 Å². The lowest BCUT2D eigenvalue weighted by Crippen LogP contribution is -2.40. The topological polar surface area (TPSA) is 32.8 Å². The van der Waals surface area contributed by atoms with Gasteiger partial charge in [-0.1, -0.05) is 26.0 Å². The minimum atomic E-state index is -0.313. The first kappa shape index (κ1) is 20.2. The molecule has 0 fully saturated rings. The number of rotatable bonds is 5. The molecule has 150 valence electrons. The molecule has 28 heavy (non-hydrogen) atoms. The van der Waals surface area contributed by atoms with Crippen LogP contribution in [0.25, 0.3) is 0 Å². The second-order valence-electron chi connectivity index (χ2n) is 8.36. The second-order valence-corrected chi connectivity index (χ2v) is 8.36. The van der Waals surface area contributed by atoms with Gasteiger partial charge in [-0.2, -0.15) is 0 Å². The predicted octanol–water partition coefficient (Wildman–Crippen LogP) is 4.37. The normalized spacial score (nSPS) is 15.2. The van der Waals surface area contributed by atoms with E-state index in [4.69, 9.17) is 4.74 Å². The highest BCUT2D eigenvalue weighted by Gasteiger charge is 2.33. The number of benzene rings is 2. The molecular formula is C24H32N2O2. The third-order valence-electron chi connectivity index (χ3n) is 6.11. The molecule has 3 rings (SSSR count). The average molecular weight is 381 g/mol. The van der Waals surface area contributed by atoms with Crippen molar-refractivity contribution in [3.63, 3.8) is 0 Å². The van der Waals surface area contributed by atoms with Gasteiger partial charge in [0, 0.05) is 37.4 Å². The van der Waals surface area contributed by atoms with Gasteiger partial charge in [0.05, 0.1) is 7.11 Å². The summed E-state index contributed by atoms with van der Waals surface area (Å²) in [6, 6.07) is 13.1. The monoisotopic (exact) mass is 380 g/mol. The van der Waals surface area contributed by atoms with E-state index in [1.54, 1.807) is 0 Å². The van der Waals surface area contributed by atoms with Gasteiger partial charge in [0.1, 0.15) is 6.04 Å². The molecule has 0 saturated carbocycles. The molecule has 1 aliphatic carbocycles. The number of hydrogen-bond donors (Lipinski definition) is 0. The van der Waals surface area contributed by atoms with Gasteiger partial charge in [0.15, 0.2) is 0 Å². The van der Waals surface area contributed by atoms with Gasteiger partial charge in [-0.15, -0.1) is 0 Å². The number of carbonyl (C=O) groups is 1. The Balaban J connectivity index is 2.06. The molecule has 0 heterocycles. The Morgan fingerprint density at radius 2 is 1.61 bits per heavy atom. The van der Waals surface area contributed by atoms with E-state index in [9.17, 15) is 4.79 Å². The molecule has 0 bridgehead atoms. The number of esters is 1. The maximum atomic E-state index is 12.1. The Hall–Kier alpha value is -2.49. The molecule has 4 heteroatoms. The zero-order valence-electron chi connectivity index (χ0n) is 18.2. The minimum Gasteiger partial charge on any atom is -0.467 e. The number of anilines is 2. The molecule has 0 spiro atoms. The van der Waals surface area contributed by atoms with Crippen LogP contribution >= 0.6 is 0 Å². The lowest BCUT2D eigenvalue weighted by molar-refractivity contribution is -0.141. The van der Waals surface area contributed by atoms with E-state index in [0.717, 1.165) is 18.7 Å². The Morgan fingerprint density at radius 3 is 2.11 bits per heavy atom. The lowest BCUT2D eigenvalue weighted by Gasteiger charge is -2.37. The van der Waals surface area contributed by atoms with Crippen molar-refractivity contribution in [1.29, 1.82) is 0 Å². The van der Waals surface area contributed by atoms with Crippen LogP contribution in [0.4, 0.5) is 11.4 Å². The van der Waals surface area contributed by atoms with Crippen LogP contribution in [0, 0.1) is 0 Å². The van der Waals surface area contributed by atoms with Gasteiger partial charge in [-0.25, -0.2) is 4.79 Å². The molecule has 0 amide bonds. The molecular weight excluding hydrogens is 348 g/mol. The van der Waals surface area contributed by atoms with Crippen LogP contribution in [-0.2, 0) is 21.4 Å². The summed E-state index contributed by atoms with van der Waals surface area (Å²) in [7, 11) is 5.61. The number of hydrogen-bond acceptors (Lipinski definition) is 4. The van der Waals surface area contributed by atoms with Gasteiger partial charge in [-0.05, 0) is 66.8 Å². The lowest BCUT2D eigenvalue weighted by atomic mass is 9.68. The summed E-state index contributed by atoms with van der Waals surface area (Å²) >= 11 is 0. The Bertz CT molecular complexity index is 886. The summed E-state index contributed by atoms with van der Waals surface area (Å²) in [6.45, 7) is 9.32. The third-order valence-corrected chi connectivity index (χ3v) is 6.11. The van der Waals surface area contributed by atoms with Gasteiger partial charge >= 0.3 is 5.97 Å². The maximum Gasteiger partial charge on any atom is 0.328 e. The van der Waals surface area contributed by atoms with E-state index < -0.39 is 0 Å². The SMILES string of the molecule is CCN(c1ccc2c(c1)C(C)(C)c1cc(N(C)C)ccc1C2)C(C)C(=O)OC. The summed E-state index contributed by atoms with van der Waals surface area (Å²) in [6.07, 6.45) is 0.945. The molecule has 0 aromatic heterocycles. The fraction of sp³-hybridized carbons (Fsp3) is 0.458. The van der Waals surface area contributed by atoms with E-state index >= 15 is 0 Å². The quantitative estimate of drug-likeness (QED) is 0.721. The highest BCUT2D eigenvalue weighted by molar-refractivity contribution is 5.79. The molecule has 1 atom stereocenters. The summed E-state index contributed by atoms with van der Waals surface area (Å²) in [5, 5.41) is 0. The standard InChI is InChI=1S/C24H32N2O2/c1-8-26(16(2)23(27)28-7)20-12-10-18-13-17-9-11-19(25(5)6)14-21(17)24(3,4)22(18)15-20/h9-12,14-16H,8,13H2,1-7H3.